The van der Waals surface area contributed by atoms with Crippen molar-refractivity contribution in [2.45, 2.75) is 39.2 Å². The molecule has 1 rings (SSSR count). The van der Waals surface area contributed by atoms with E-state index in [0.29, 0.717) is 18.4 Å². The molecule has 2 unspecified atom stereocenters. The van der Waals surface area contributed by atoms with Gasteiger partial charge < -0.3 is 0 Å². The molecule has 0 aromatic carbocycles. The lowest BCUT2D eigenvalue weighted by atomic mass is 9.99. The van der Waals surface area contributed by atoms with Crippen LogP contribution < -0.4 is 4.72 Å². The van der Waals surface area contributed by atoms with E-state index in [1.165, 1.54) is 17.1 Å². The number of rotatable bonds is 6. The zero-order valence-corrected chi connectivity index (χ0v) is 13.2. The molecule has 4 nitrogen and oxygen atoms in total. The van der Waals surface area contributed by atoms with E-state index in [4.69, 9.17) is 0 Å². The van der Waals surface area contributed by atoms with Crippen molar-refractivity contribution >= 4 is 26.1 Å². The second-order valence-corrected chi connectivity index (χ2v) is 7.53. The van der Waals surface area contributed by atoms with Crippen LogP contribution in [0, 0.1) is 11.8 Å². The Morgan fingerprint density at radius 2 is 1.94 bits per heavy atom. The summed E-state index contributed by atoms with van der Waals surface area (Å²) in [7, 11) is -1.70. The SMILES string of the molecule is CC(C)N(C)S(=O)(=O)NCC1CCCC1CBr. The van der Waals surface area contributed by atoms with Gasteiger partial charge in [0.15, 0.2) is 0 Å². The monoisotopic (exact) mass is 326 g/mol. The molecule has 1 N–H and O–H groups in total. The normalized spacial score (nSPS) is 26.0. The Balaban J connectivity index is 2.50. The number of nitrogens with zero attached hydrogens (tertiary/aromatic N) is 1. The zero-order valence-electron chi connectivity index (χ0n) is 10.8. The summed E-state index contributed by atoms with van der Waals surface area (Å²) in [6.45, 7) is 4.31. The molecule has 0 radical (unpaired) electrons. The maximum atomic E-state index is 11.9. The van der Waals surface area contributed by atoms with Gasteiger partial charge >= 0.3 is 0 Å². The fourth-order valence-corrected chi connectivity index (χ4v) is 4.21. The first-order chi connectivity index (χ1) is 7.88. The quantitative estimate of drug-likeness (QED) is 0.759. The van der Waals surface area contributed by atoms with Crippen LogP contribution in [0.15, 0.2) is 0 Å². The highest BCUT2D eigenvalue weighted by molar-refractivity contribution is 9.09. The molecule has 0 spiro atoms. The van der Waals surface area contributed by atoms with Crippen LogP contribution in [0.5, 0.6) is 0 Å². The van der Waals surface area contributed by atoms with E-state index in [0.717, 1.165) is 11.8 Å². The van der Waals surface area contributed by atoms with Crippen molar-refractivity contribution in [1.82, 2.24) is 9.03 Å². The summed E-state index contributed by atoms with van der Waals surface area (Å²) in [6, 6.07) is -0.0111. The molecule has 1 aliphatic carbocycles. The molecular formula is C11H23BrN2O2S. The Kier molecular flexibility index (Phi) is 5.89. The highest BCUT2D eigenvalue weighted by Crippen LogP contribution is 2.32. The number of hydrogen-bond donors (Lipinski definition) is 1. The third-order valence-corrected chi connectivity index (χ3v) is 6.19. The van der Waals surface area contributed by atoms with Gasteiger partial charge in [0.1, 0.15) is 0 Å². The lowest BCUT2D eigenvalue weighted by Crippen LogP contribution is -2.43. The highest BCUT2D eigenvalue weighted by atomic mass is 79.9. The molecule has 0 heterocycles. The summed E-state index contributed by atoms with van der Waals surface area (Å²) >= 11 is 3.50. The number of hydrogen-bond acceptors (Lipinski definition) is 2. The molecular weight excluding hydrogens is 304 g/mol. The minimum atomic E-state index is -3.31. The smallest absolute Gasteiger partial charge is 0.202 e. The predicted molar refractivity (Wildman–Crippen MR) is 74.4 cm³/mol. The Morgan fingerprint density at radius 3 is 2.47 bits per heavy atom. The van der Waals surface area contributed by atoms with E-state index >= 15 is 0 Å². The third-order valence-electron chi connectivity index (χ3n) is 3.65. The summed E-state index contributed by atoms with van der Waals surface area (Å²) in [5.41, 5.74) is 0. The van der Waals surface area contributed by atoms with Crippen LogP contribution in [0.3, 0.4) is 0 Å². The average Bonchev–Trinajstić information content (AvgIpc) is 2.72. The van der Waals surface area contributed by atoms with Crippen molar-refractivity contribution in [1.29, 1.82) is 0 Å². The van der Waals surface area contributed by atoms with Gasteiger partial charge in [-0.25, -0.2) is 4.72 Å². The standard InChI is InChI=1S/C11H23BrN2O2S/c1-9(2)14(3)17(15,16)13-8-11-6-4-5-10(11)7-12/h9-11,13H,4-8H2,1-3H3. The van der Waals surface area contributed by atoms with Crippen LogP contribution in [0.4, 0.5) is 0 Å². The summed E-state index contributed by atoms with van der Waals surface area (Å²) < 4.78 is 28.0. The molecule has 0 aliphatic heterocycles. The van der Waals surface area contributed by atoms with Crippen LogP contribution in [0.1, 0.15) is 33.1 Å². The molecule has 1 aliphatic rings. The van der Waals surface area contributed by atoms with Crippen LogP contribution in [0.2, 0.25) is 0 Å². The van der Waals surface area contributed by atoms with Gasteiger partial charge in [0, 0.05) is 25.0 Å². The fourth-order valence-electron chi connectivity index (χ4n) is 2.18. The first kappa shape index (κ1) is 15.4. The van der Waals surface area contributed by atoms with E-state index < -0.39 is 10.2 Å². The van der Waals surface area contributed by atoms with Gasteiger partial charge in [-0.2, -0.15) is 12.7 Å². The minimum absolute atomic E-state index is 0.0111. The maximum absolute atomic E-state index is 11.9. The molecule has 2 atom stereocenters. The third kappa shape index (κ3) is 4.19. The van der Waals surface area contributed by atoms with Crippen molar-refractivity contribution in [3.8, 4) is 0 Å². The number of halogens is 1. The maximum Gasteiger partial charge on any atom is 0.279 e. The Morgan fingerprint density at radius 1 is 1.35 bits per heavy atom. The minimum Gasteiger partial charge on any atom is -0.202 e. The molecule has 0 aromatic rings. The fraction of sp³-hybridized carbons (Fsp3) is 1.00. The first-order valence-corrected chi connectivity index (χ1v) is 8.73. The first-order valence-electron chi connectivity index (χ1n) is 6.17. The summed E-state index contributed by atoms with van der Waals surface area (Å²) in [5, 5.41) is 0.972. The van der Waals surface area contributed by atoms with Crippen LogP contribution >= 0.6 is 15.9 Å². The number of nitrogens with one attached hydrogen (secondary N) is 1. The van der Waals surface area contributed by atoms with Crippen LogP contribution in [-0.2, 0) is 10.2 Å². The Bertz CT molecular complexity index is 332. The molecule has 17 heavy (non-hydrogen) atoms. The highest BCUT2D eigenvalue weighted by Gasteiger charge is 2.28. The van der Waals surface area contributed by atoms with Gasteiger partial charge in [0.2, 0.25) is 0 Å². The lowest BCUT2D eigenvalue weighted by Gasteiger charge is -2.24. The number of alkyl halides is 1. The second kappa shape index (κ2) is 6.50. The van der Waals surface area contributed by atoms with Gasteiger partial charge in [-0.05, 0) is 38.5 Å². The molecule has 0 aromatic heterocycles. The predicted octanol–water partition coefficient (Wildman–Crippen LogP) is 1.97. The van der Waals surface area contributed by atoms with E-state index in [9.17, 15) is 8.42 Å². The Labute approximate surface area is 113 Å². The van der Waals surface area contributed by atoms with Gasteiger partial charge in [-0.1, -0.05) is 22.4 Å². The molecule has 0 bridgehead atoms. The van der Waals surface area contributed by atoms with Crippen molar-refractivity contribution in [3.05, 3.63) is 0 Å². The van der Waals surface area contributed by atoms with Crippen molar-refractivity contribution in [2.75, 3.05) is 18.9 Å². The second-order valence-electron chi connectivity index (χ2n) is 5.07. The van der Waals surface area contributed by atoms with Crippen LogP contribution in [0.25, 0.3) is 0 Å². The van der Waals surface area contributed by atoms with Gasteiger partial charge in [0.05, 0.1) is 0 Å². The summed E-state index contributed by atoms with van der Waals surface area (Å²) in [4.78, 5) is 0. The average molecular weight is 327 g/mol. The summed E-state index contributed by atoms with van der Waals surface area (Å²) in [5.74, 6) is 1.09. The van der Waals surface area contributed by atoms with E-state index in [-0.39, 0.29) is 6.04 Å². The molecule has 1 saturated carbocycles. The molecule has 0 saturated heterocycles. The van der Waals surface area contributed by atoms with E-state index in [1.807, 2.05) is 13.8 Å². The zero-order chi connectivity index (χ0) is 13.1. The lowest BCUT2D eigenvalue weighted by molar-refractivity contribution is 0.383. The van der Waals surface area contributed by atoms with Gasteiger partial charge in [0.25, 0.3) is 10.2 Å². The molecule has 1 fully saturated rings. The van der Waals surface area contributed by atoms with Crippen molar-refractivity contribution in [2.24, 2.45) is 11.8 Å². The van der Waals surface area contributed by atoms with Crippen LogP contribution in [-0.4, -0.2) is 37.7 Å². The van der Waals surface area contributed by atoms with Crippen molar-refractivity contribution in [3.63, 3.8) is 0 Å². The Hall–Kier alpha value is 0.350. The molecule has 6 heteroatoms. The van der Waals surface area contributed by atoms with E-state index in [1.54, 1.807) is 7.05 Å². The van der Waals surface area contributed by atoms with Gasteiger partial charge in [-0.15, -0.1) is 0 Å². The molecule has 102 valence electrons. The van der Waals surface area contributed by atoms with Gasteiger partial charge in [-0.3, -0.25) is 0 Å². The largest absolute Gasteiger partial charge is 0.279 e. The van der Waals surface area contributed by atoms with Crippen molar-refractivity contribution < 1.29 is 8.42 Å². The van der Waals surface area contributed by atoms with E-state index in [2.05, 4.69) is 20.7 Å². The topological polar surface area (TPSA) is 49.4 Å². The molecule has 0 amide bonds. The summed E-state index contributed by atoms with van der Waals surface area (Å²) in [6.07, 6.45) is 3.55.